The maximum absolute atomic E-state index is 13.7. The quantitative estimate of drug-likeness (QED) is 0.0659. The highest BCUT2D eigenvalue weighted by Crippen LogP contribution is 2.37. The van der Waals surface area contributed by atoms with Crippen LogP contribution in [0.15, 0.2) is 138 Å². The largest absolute Gasteiger partial charge is 0.493 e. The van der Waals surface area contributed by atoms with Crippen molar-refractivity contribution in [1.82, 2.24) is 5.32 Å². The van der Waals surface area contributed by atoms with Crippen LogP contribution in [0.5, 0.6) is 11.5 Å². The summed E-state index contributed by atoms with van der Waals surface area (Å²) in [6, 6.07) is 36.6. The molecule has 0 spiro atoms. The van der Waals surface area contributed by atoms with Gasteiger partial charge in [0, 0.05) is 16.1 Å². The normalized spacial score (nSPS) is 11.5. The summed E-state index contributed by atoms with van der Waals surface area (Å²) < 4.78 is 15.6. The van der Waals surface area contributed by atoms with Gasteiger partial charge in [0.05, 0.1) is 32.6 Å². The summed E-state index contributed by atoms with van der Waals surface area (Å²) in [5.41, 5.74) is 2.78. The molecule has 5 aromatic rings. The predicted molar refractivity (Wildman–Crippen MR) is 198 cm³/mol. The number of thioether (sulfide) groups is 1. The number of hydrogen-bond donors (Lipinski definition) is 3. The van der Waals surface area contributed by atoms with Gasteiger partial charge >= 0.3 is 5.97 Å². The first-order chi connectivity index (χ1) is 24.8. The van der Waals surface area contributed by atoms with E-state index in [2.05, 4.69) is 16.0 Å². The summed E-state index contributed by atoms with van der Waals surface area (Å²) >= 11 is 1.31. The minimum atomic E-state index is -0.679. The molecule has 0 saturated heterocycles. The van der Waals surface area contributed by atoms with Gasteiger partial charge in [-0.25, -0.2) is 4.79 Å². The van der Waals surface area contributed by atoms with E-state index in [1.54, 1.807) is 103 Å². The highest BCUT2D eigenvalue weighted by atomic mass is 32.2. The first kappa shape index (κ1) is 36.0. The topological polar surface area (TPSA) is 132 Å². The molecule has 0 radical (unpaired) electrons. The smallest absolute Gasteiger partial charge is 0.339 e. The molecule has 5 rings (SSSR count). The Morgan fingerprint density at radius 2 is 1.33 bits per heavy atom. The van der Waals surface area contributed by atoms with Crippen molar-refractivity contribution in [3.8, 4) is 11.5 Å². The van der Waals surface area contributed by atoms with Crippen LogP contribution < -0.4 is 25.4 Å². The standard InChI is InChI=1S/C40H35N3O7S/c1-48-34-23-18-26(25-35(34)49-2)24-33(43-37(44)28-14-8-5-9-15-28)38(45)41-29-19-21-30(22-20-29)51-36(27-12-6-4-7-13-27)39(46)42-32-17-11-10-16-31(32)40(47)50-3/h4-25,36H,1-3H3,(H,41,45)(H,42,46)(H,43,44)/b33-24-. The third-order valence-corrected chi connectivity index (χ3v) is 8.81. The van der Waals surface area contributed by atoms with E-state index in [1.165, 1.54) is 33.1 Å². The Bertz CT molecular complexity index is 2040. The summed E-state index contributed by atoms with van der Waals surface area (Å²) in [5, 5.41) is 7.78. The lowest BCUT2D eigenvalue weighted by molar-refractivity contribution is -0.116. The number of anilines is 2. The van der Waals surface area contributed by atoms with Gasteiger partial charge in [0.15, 0.2) is 11.5 Å². The Labute approximate surface area is 299 Å². The lowest BCUT2D eigenvalue weighted by atomic mass is 10.1. The van der Waals surface area contributed by atoms with E-state index < -0.39 is 23.0 Å². The average Bonchev–Trinajstić information content (AvgIpc) is 3.17. The number of carbonyl (C=O) groups excluding carboxylic acids is 4. The number of esters is 1. The Kier molecular flexibility index (Phi) is 12.2. The van der Waals surface area contributed by atoms with Crippen LogP contribution in [0.25, 0.3) is 6.08 Å². The minimum absolute atomic E-state index is 0.00238. The van der Waals surface area contributed by atoms with E-state index in [-0.39, 0.29) is 17.2 Å². The number of methoxy groups -OCH3 is 3. The number of ether oxygens (including phenoxy) is 3. The maximum Gasteiger partial charge on any atom is 0.339 e. The molecule has 0 bridgehead atoms. The number of rotatable bonds is 13. The molecule has 51 heavy (non-hydrogen) atoms. The van der Waals surface area contributed by atoms with E-state index >= 15 is 0 Å². The van der Waals surface area contributed by atoms with Crippen LogP contribution >= 0.6 is 11.8 Å². The second kappa shape index (κ2) is 17.4. The summed E-state index contributed by atoms with van der Waals surface area (Å²) in [5.74, 6) is -0.926. The fourth-order valence-corrected chi connectivity index (χ4v) is 6.01. The van der Waals surface area contributed by atoms with Gasteiger partial charge in [0.2, 0.25) is 5.91 Å². The molecule has 0 aliphatic carbocycles. The summed E-state index contributed by atoms with van der Waals surface area (Å²) in [6.45, 7) is 0. The first-order valence-electron chi connectivity index (χ1n) is 15.7. The van der Waals surface area contributed by atoms with Gasteiger partial charge in [-0.05, 0) is 77.9 Å². The van der Waals surface area contributed by atoms with E-state index in [0.717, 1.165) is 10.5 Å². The summed E-state index contributed by atoms with van der Waals surface area (Å²) in [4.78, 5) is 53.5. The molecule has 0 heterocycles. The molecular formula is C40H35N3O7S. The Balaban J connectivity index is 1.36. The highest BCUT2D eigenvalue weighted by molar-refractivity contribution is 8.00. The van der Waals surface area contributed by atoms with Crippen LogP contribution in [-0.2, 0) is 14.3 Å². The number of amides is 3. The van der Waals surface area contributed by atoms with Crippen LogP contribution in [0.3, 0.4) is 0 Å². The van der Waals surface area contributed by atoms with E-state index in [9.17, 15) is 19.2 Å². The van der Waals surface area contributed by atoms with Crippen molar-refractivity contribution in [3.63, 3.8) is 0 Å². The lowest BCUT2D eigenvalue weighted by Crippen LogP contribution is -2.30. The van der Waals surface area contributed by atoms with Gasteiger partial charge in [0.25, 0.3) is 11.8 Å². The predicted octanol–water partition coefficient (Wildman–Crippen LogP) is 7.37. The molecule has 0 fully saturated rings. The van der Waals surface area contributed by atoms with Crippen LogP contribution in [0.4, 0.5) is 11.4 Å². The second-order valence-electron chi connectivity index (χ2n) is 10.9. The fourth-order valence-electron chi connectivity index (χ4n) is 4.98. The molecule has 0 saturated carbocycles. The van der Waals surface area contributed by atoms with Crippen molar-refractivity contribution in [1.29, 1.82) is 0 Å². The molecule has 0 aromatic heterocycles. The lowest BCUT2D eigenvalue weighted by Gasteiger charge is -2.18. The number of benzene rings is 5. The van der Waals surface area contributed by atoms with Gasteiger partial charge in [0.1, 0.15) is 10.9 Å². The second-order valence-corrected chi connectivity index (χ2v) is 12.1. The molecule has 1 atom stereocenters. The Morgan fingerprint density at radius 1 is 0.686 bits per heavy atom. The third kappa shape index (κ3) is 9.43. The Hall–Kier alpha value is -6.33. The number of carbonyl (C=O) groups is 4. The summed E-state index contributed by atoms with van der Waals surface area (Å²) in [7, 11) is 4.32. The molecule has 0 aliphatic heterocycles. The zero-order valence-electron chi connectivity index (χ0n) is 28.0. The molecule has 10 nitrogen and oxygen atoms in total. The molecular weight excluding hydrogens is 667 g/mol. The fraction of sp³-hybridized carbons (Fsp3) is 0.100. The van der Waals surface area contributed by atoms with Crippen LogP contribution in [0, 0.1) is 0 Å². The molecule has 3 amide bonds. The van der Waals surface area contributed by atoms with Crippen molar-refractivity contribution < 1.29 is 33.4 Å². The SMILES string of the molecule is COC(=O)c1ccccc1NC(=O)C(Sc1ccc(NC(=O)/C(=C/c2ccc(OC)c(OC)c2)NC(=O)c2ccccc2)cc1)c1ccccc1. The van der Waals surface area contributed by atoms with E-state index in [0.29, 0.717) is 34.0 Å². The van der Waals surface area contributed by atoms with Crippen molar-refractivity contribution in [2.45, 2.75) is 10.1 Å². The molecule has 0 aliphatic rings. The number of nitrogens with one attached hydrogen (secondary N) is 3. The summed E-state index contributed by atoms with van der Waals surface area (Å²) in [6.07, 6.45) is 1.55. The van der Waals surface area contributed by atoms with Gasteiger partial charge in [-0.3, -0.25) is 14.4 Å². The van der Waals surface area contributed by atoms with Gasteiger partial charge in [-0.1, -0.05) is 66.7 Å². The molecule has 5 aromatic carbocycles. The number of hydrogen-bond acceptors (Lipinski definition) is 8. The van der Waals surface area contributed by atoms with Crippen molar-refractivity contribution >= 4 is 52.9 Å². The van der Waals surface area contributed by atoms with Crippen molar-refractivity contribution in [2.75, 3.05) is 32.0 Å². The third-order valence-electron chi connectivity index (χ3n) is 7.54. The highest BCUT2D eigenvalue weighted by Gasteiger charge is 2.24. The van der Waals surface area contributed by atoms with Crippen LogP contribution in [-0.4, -0.2) is 45.0 Å². The van der Waals surface area contributed by atoms with Crippen molar-refractivity contribution in [3.05, 3.63) is 155 Å². The number of para-hydroxylation sites is 1. The monoisotopic (exact) mass is 701 g/mol. The van der Waals surface area contributed by atoms with E-state index in [4.69, 9.17) is 14.2 Å². The van der Waals surface area contributed by atoms with Gasteiger partial charge in [-0.2, -0.15) is 0 Å². The average molecular weight is 702 g/mol. The van der Waals surface area contributed by atoms with Gasteiger partial charge in [-0.15, -0.1) is 11.8 Å². The zero-order valence-corrected chi connectivity index (χ0v) is 28.9. The maximum atomic E-state index is 13.7. The molecule has 11 heteroatoms. The van der Waals surface area contributed by atoms with Crippen LogP contribution in [0.2, 0.25) is 0 Å². The molecule has 1 unspecified atom stereocenters. The zero-order chi connectivity index (χ0) is 36.2. The first-order valence-corrected chi connectivity index (χ1v) is 16.6. The van der Waals surface area contributed by atoms with Crippen LogP contribution in [0.1, 0.15) is 37.1 Å². The Morgan fingerprint density at radius 3 is 2.00 bits per heavy atom. The van der Waals surface area contributed by atoms with Gasteiger partial charge < -0.3 is 30.2 Å². The van der Waals surface area contributed by atoms with Crippen molar-refractivity contribution in [2.24, 2.45) is 0 Å². The minimum Gasteiger partial charge on any atom is -0.493 e. The van der Waals surface area contributed by atoms with E-state index in [1.807, 2.05) is 30.3 Å². The molecule has 3 N–H and O–H groups in total. The molecule has 258 valence electrons.